The smallest absolute Gasteiger partial charge is 0.307 e. The number of hydrogen-bond donors (Lipinski definition) is 3. The average molecular weight is 480 g/mol. The van der Waals surface area contributed by atoms with E-state index in [2.05, 4.69) is 10.0 Å². The molecule has 0 spiro atoms. The number of hydrogen-bond acceptors (Lipinski definition) is 7. The number of carbonyl (C=O) groups excluding carboxylic acids is 3. The van der Waals surface area contributed by atoms with Gasteiger partial charge in [0.05, 0.1) is 22.0 Å². The predicted molar refractivity (Wildman–Crippen MR) is 109 cm³/mol. The van der Waals surface area contributed by atoms with Crippen molar-refractivity contribution >= 4 is 67.3 Å². The molecule has 0 saturated carbocycles. The lowest BCUT2D eigenvalue weighted by Crippen LogP contribution is -2.28. The van der Waals surface area contributed by atoms with Gasteiger partial charge in [-0.05, 0) is 23.6 Å². The molecule has 0 atom stereocenters. The second-order valence-electron chi connectivity index (χ2n) is 5.44. The summed E-state index contributed by atoms with van der Waals surface area (Å²) in [5.41, 5.74) is 5.31. The van der Waals surface area contributed by atoms with E-state index >= 15 is 0 Å². The Kier molecular flexibility index (Phi) is 7.99. The van der Waals surface area contributed by atoms with E-state index in [-0.39, 0.29) is 38.5 Å². The molecule has 0 fully saturated rings. The number of nitrogens with one attached hydrogen (secondary N) is 2. The van der Waals surface area contributed by atoms with Crippen LogP contribution in [-0.4, -0.2) is 39.4 Å². The van der Waals surface area contributed by atoms with E-state index < -0.39 is 34.4 Å². The summed E-state index contributed by atoms with van der Waals surface area (Å²) >= 11 is 12.8. The van der Waals surface area contributed by atoms with Crippen molar-refractivity contribution in [2.24, 2.45) is 5.73 Å². The molecule has 0 aliphatic rings. The van der Waals surface area contributed by atoms with Gasteiger partial charge in [-0.3, -0.25) is 14.4 Å². The van der Waals surface area contributed by atoms with Gasteiger partial charge in [0.2, 0.25) is 10.0 Å². The first-order chi connectivity index (χ1) is 13.6. The molecule has 156 valence electrons. The Hall–Kier alpha value is -2.18. The van der Waals surface area contributed by atoms with Crippen LogP contribution in [0.4, 0.5) is 5.00 Å². The first kappa shape index (κ1) is 23.1. The molecule has 0 unspecified atom stereocenters. The number of amides is 2. The highest BCUT2D eigenvalue weighted by Crippen LogP contribution is 2.28. The molecule has 0 aliphatic heterocycles. The first-order valence-corrected chi connectivity index (χ1v) is 11.0. The monoisotopic (exact) mass is 479 g/mol. The third kappa shape index (κ3) is 6.41. The van der Waals surface area contributed by atoms with E-state index in [0.29, 0.717) is 0 Å². The zero-order valence-electron chi connectivity index (χ0n) is 14.6. The van der Waals surface area contributed by atoms with E-state index in [9.17, 15) is 22.8 Å². The van der Waals surface area contributed by atoms with Crippen LogP contribution in [0.1, 0.15) is 16.8 Å². The van der Waals surface area contributed by atoms with Crippen molar-refractivity contribution in [1.29, 1.82) is 0 Å². The summed E-state index contributed by atoms with van der Waals surface area (Å²) in [6, 6.07) is 5.68. The maximum Gasteiger partial charge on any atom is 0.307 e. The number of esters is 1. The van der Waals surface area contributed by atoms with E-state index in [1.165, 1.54) is 24.3 Å². The summed E-state index contributed by atoms with van der Waals surface area (Å²) in [5, 5.41) is 4.09. The number of ether oxygens (including phenoxy) is 1. The number of sulfonamides is 1. The fraction of sp³-hybridized carbons (Fsp3) is 0.188. The van der Waals surface area contributed by atoms with Crippen molar-refractivity contribution in [1.82, 2.24) is 4.72 Å². The lowest BCUT2D eigenvalue weighted by atomic mass is 10.3. The minimum atomic E-state index is -4.04. The summed E-state index contributed by atoms with van der Waals surface area (Å²) < 4.78 is 31.5. The SMILES string of the molecule is NC(=O)c1ccsc1NC(=O)COC(=O)CCNS(=O)(=O)c1c(Cl)cccc1Cl. The third-order valence-corrected chi connectivity index (χ3v) is 6.60. The van der Waals surface area contributed by atoms with Crippen LogP contribution in [0.15, 0.2) is 34.5 Å². The zero-order chi connectivity index (χ0) is 21.6. The molecule has 4 N–H and O–H groups in total. The van der Waals surface area contributed by atoms with Gasteiger partial charge in [0.1, 0.15) is 9.90 Å². The highest BCUT2D eigenvalue weighted by Gasteiger charge is 2.21. The predicted octanol–water partition coefficient (Wildman–Crippen LogP) is 2.00. The Balaban J connectivity index is 1.80. The number of rotatable bonds is 9. The summed E-state index contributed by atoms with van der Waals surface area (Å²) in [7, 11) is -4.04. The van der Waals surface area contributed by atoms with Gasteiger partial charge in [-0.1, -0.05) is 29.3 Å². The molecule has 0 aliphatic carbocycles. The molecular weight excluding hydrogens is 465 g/mol. The van der Waals surface area contributed by atoms with Crippen LogP contribution in [0.2, 0.25) is 10.0 Å². The lowest BCUT2D eigenvalue weighted by molar-refractivity contribution is -0.147. The van der Waals surface area contributed by atoms with Crippen LogP contribution >= 0.6 is 34.5 Å². The minimum absolute atomic E-state index is 0.0619. The van der Waals surface area contributed by atoms with Crippen molar-refractivity contribution in [3.63, 3.8) is 0 Å². The Morgan fingerprint density at radius 1 is 1.14 bits per heavy atom. The van der Waals surface area contributed by atoms with Gasteiger partial charge in [-0.15, -0.1) is 11.3 Å². The molecule has 2 aromatic rings. The number of thiophene rings is 1. The average Bonchev–Trinajstić information content (AvgIpc) is 3.07. The topological polar surface area (TPSA) is 145 Å². The van der Waals surface area contributed by atoms with Gasteiger partial charge in [0, 0.05) is 6.54 Å². The second kappa shape index (κ2) is 10.0. The van der Waals surface area contributed by atoms with Gasteiger partial charge in [0.25, 0.3) is 11.8 Å². The van der Waals surface area contributed by atoms with Gasteiger partial charge in [-0.2, -0.15) is 0 Å². The third-order valence-electron chi connectivity index (χ3n) is 3.36. The van der Waals surface area contributed by atoms with Crippen LogP contribution in [0.3, 0.4) is 0 Å². The highest BCUT2D eigenvalue weighted by molar-refractivity contribution is 7.89. The van der Waals surface area contributed by atoms with Crippen LogP contribution in [0, 0.1) is 0 Å². The van der Waals surface area contributed by atoms with Gasteiger partial charge in [-0.25, -0.2) is 13.1 Å². The summed E-state index contributed by atoms with van der Waals surface area (Å²) in [6.07, 6.45) is -0.333. The Bertz CT molecular complexity index is 1020. The largest absolute Gasteiger partial charge is 0.456 e. The summed E-state index contributed by atoms with van der Waals surface area (Å²) in [5.74, 6) is -2.19. The molecule has 0 bridgehead atoms. The van der Waals surface area contributed by atoms with Gasteiger partial charge in [0.15, 0.2) is 6.61 Å². The molecule has 13 heteroatoms. The summed E-state index contributed by atoms with van der Waals surface area (Å²) in [6.45, 7) is -0.904. The van der Waals surface area contributed by atoms with E-state index in [1.807, 2.05) is 0 Å². The van der Waals surface area contributed by atoms with Crippen LogP contribution in [0.5, 0.6) is 0 Å². The number of halogens is 2. The van der Waals surface area contributed by atoms with Crippen LogP contribution in [-0.2, 0) is 24.3 Å². The van der Waals surface area contributed by atoms with Crippen molar-refractivity contribution in [3.8, 4) is 0 Å². The minimum Gasteiger partial charge on any atom is -0.456 e. The van der Waals surface area contributed by atoms with Crippen molar-refractivity contribution < 1.29 is 27.5 Å². The number of nitrogens with two attached hydrogens (primary N) is 1. The van der Waals surface area contributed by atoms with Crippen molar-refractivity contribution in [3.05, 3.63) is 45.3 Å². The second-order valence-corrected chi connectivity index (χ2v) is 8.87. The molecular formula is C16H15Cl2N3O6S2. The van der Waals surface area contributed by atoms with E-state index in [0.717, 1.165) is 11.3 Å². The van der Waals surface area contributed by atoms with Crippen molar-refractivity contribution in [2.75, 3.05) is 18.5 Å². The fourth-order valence-corrected chi connectivity index (χ4v) is 5.06. The summed E-state index contributed by atoms with van der Waals surface area (Å²) in [4.78, 5) is 34.4. The maximum atomic E-state index is 12.3. The maximum absolute atomic E-state index is 12.3. The highest BCUT2D eigenvalue weighted by atomic mass is 35.5. The molecule has 9 nitrogen and oxygen atoms in total. The van der Waals surface area contributed by atoms with Crippen LogP contribution < -0.4 is 15.8 Å². The van der Waals surface area contributed by atoms with E-state index in [4.69, 9.17) is 33.7 Å². The number of benzene rings is 1. The molecule has 1 aromatic carbocycles. The van der Waals surface area contributed by atoms with E-state index in [1.54, 1.807) is 5.38 Å². The first-order valence-electron chi connectivity index (χ1n) is 7.88. The Morgan fingerprint density at radius 2 is 1.79 bits per heavy atom. The molecule has 29 heavy (non-hydrogen) atoms. The normalized spacial score (nSPS) is 11.1. The zero-order valence-corrected chi connectivity index (χ0v) is 17.8. The fourth-order valence-electron chi connectivity index (χ4n) is 2.08. The molecule has 1 heterocycles. The van der Waals surface area contributed by atoms with Crippen LogP contribution in [0.25, 0.3) is 0 Å². The molecule has 2 amide bonds. The molecule has 2 rings (SSSR count). The Morgan fingerprint density at radius 3 is 2.41 bits per heavy atom. The quantitative estimate of drug-likeness (QED) is 0.469. The lowest BCUT2D eigenvalue weighted by Gasteiger charge is -2.10. The van der Waals surface area contributed by atoms with Gasteiger partial charge >= 0.3 is 5.97 Å². The molecule has 1 aromatic heterocycles. The molecule has 0 radical (unpaired) electrons. The number of anilines is 1. The molecule has 0 saturated heterocycles. The number of carbonyl (C=O) groups is 3. The Labute approximate surface area is 180 Å². The van der Waals surface area contributed by atoms with Gasteiger partial charge < -0.3 is 15.8 Å². The standard InChI is InChI=1S/C16H15Cl2N3O6S2/c17-10-2-1-3-11(18)14(10)29(25,26)20-6-4-13(23)27-8-12(22)21-16-9(15(19)24)5-7-28-16/h1-3,5,7,20H,4,6,8H2,(H2,19,24)(H,21,22). The van der Waals surface area contributed by atoms with Crippen molar-refractivity contribution in [2.45, 2.75) is 11.3 Å². The number of primary amides is 1.